The van der Waals surface area contributed by atoms with E-state index in [2.05, 4.69) is 38.0 Å². The van der Waals surface area contributed by atoms with Gasteiger partial charge < -0.3 is 15.3 Å². The molecule has 2 N–H and O–H groups in total. The van der Waals surface area contributed by atoms with Gasteiger partial charge in [-0.15, -0.1) is 0 Å². The number of nitrogens with one attached hydrogen (secondary N) is 1. The Hall–Kier alpha value is -0.610. The maximum atomic E-state index is 11.0. The maximum Gasteiger partial charge on any atom is 0.320 e. The number of nitrogens with zero attached hydrogens (tertiary/aromatic N) is 1. The molecule has 0 rings (SSSR count). The van der Waals surface area contributed by atoms with Crippen molar-refractivity contribution >= 4 is 5.97 Å². The van der Waals surface area contributed by atoms with Crippen molar-refractivity contribution in [1.29, 1.82) is 0 Å². The van der Waals surface area contributed by atoms with Crippen LogP contribution in [-0.4, -0.2) is 48.2 Å². The fraction of sp³-hybridized carbons (Fsp3) is 0.923. The van der Waals surface area contributed by atoms with Crippen LogP contribution in [-0.2, 0) is 4.79 Å². The molecule has 0 amide bonds. The Kier molecular flexibility index (Phi) is 9.09. The molecular weight excluding hydrogens is 216 g/mol. The van der Waals surface area contributed by atoms with Crippen molar-refractivity contribution in [2.24, 2.45) is 0 Å². The number of unbranched alkanes of at least 4 members (excludes halogenated alkanes) is 1. The van der Waals surface area contributed by atoms with Gasteiger partial charge >= 0.3 is 5.97 Å². The molecule has 0 aliphatic heterocycles. The Labute approximate surface area is 105 Å². The fourth-order valence-corrected chi connectivity index (χ4v) is 1.67. The van der Waals surface area contributed by atoms with Crippen molar-refractivity contribution in [2.75, 3.05) is 20.1 Å². The Morgan fingerprint density at radius 3 is 2.53 bits per heavy atom. The highest BCUT2D eigenvalue weighted by Gasteiger charge is 2.16. The molecule has 0 spiro atoms. The first-order valence-electron chi connectivity index (χ1n) is 6.69. The maximum absolute atomic E-state index is 11.0. The summed E-state index contributed by atoms with van der Waals surface area (Å²) in [5.74, 6) is -0.732. The molecule has 0 heterocycles. The highest BCUT2D eigenvalue weighted by molar-refractivity contribution is 5.73. The number of carboxylic acid groups (broad SMARTS) is 1. The van der Waals surface area contributed by atoms with E-state index in [0.29, 0.717) is 6.04 Å². The van der Waals surface area contributed by atoms with Crippen LogP contribution in [0.3, 0.4) is 0 Å². The third-order valence-electron chi connectivity index (χ3n) is 3.34. The molecule has 0 aliphatic carbocycles. The summed E-state index contributed by atoms with van der Waals surface area (Å²) in [6, 6.07) is 0.163. The van der Waals surface area contributed by atoms with Crippen molar-refractivity contribution in [2.45, 2.75) is 58.5 Å². The molecule has 0 aromatic rings. The second kappa shape index (κ2) is 9.42. The summed E-state index contributed by atoms with van der Waals surface area (Å²) in [6.07, 6.45) is 3.84. The van der Waals surface area contributed by atoms with Gasteiger partial charge in [-0.05, 0) is 26.8 Å². The molecule has 0 saturated carbocycles. The van der Waals surface area contributed by atoms with Gasteiger partial charge in [0, 0.05) is 19.1 Å². The number of likely N-dealkylation sites (N-methyl/N-ethyl adjacent to an activating group) is 1. The van der Waals surface area contributed by atoms with Crippen LogP contribution < -0.4 is 5.32 Å². The average molecular weight is 244 g/mol. The van der Waals surface area contributed by atoms with Gasteiger partial charge in [0.1, 0.15) is 6.04 Å². The molecule has 0 aliphatic rings. The molecule has 0 saturated heterocycles. The zero-order valence-corrected chi connectivity index (χ0v) is 11.7. The Balaban J connectivity index is 3.85. The van der Waals surface area contributed by atoms with Gasteiger partial charge in [-0.25, -0.2) is 0 Å². The van der Waals surface area contributed by atoms with E-state index in [1.807, 2.05) is 0 Å². The molecule has 0 bridgehead atoms. The average Bonchev–Trinajstić information content (AvgIpc) is 2.31. The standard InChI is InChI=1S/C13H28N2O2/c1-5-7-8-12(13(16)17)14-9-10-15(4)11(3)6-2/h11-12,14H,5-10H2,1-4H3,(H,16,17). The van der Waals surface area contributed by atoms with Gasteiger partial charge in [-0.2, -0.15) is 0 Å². The number of aliphatic carboxylic acids is 1. The Bertz CT molecular complexity index is 210. The van der Waals surface area contributed by atoms with Gasteiger partial charge in [0.2, 0.25) is 0 Å². The second-order valence-corrected chi connectivity index (χ2v) is 4.73. The molecule has 17 heavy (non-hydrogen) atoms. The Morgan fingerprint density at radius 1 is 1.41 bits per heavy atom. The molecule has 4 nitrogen and oxygen atoms in total. The molecule has 0 aromatic heterocycles. The van der Waals surface area contributed by atoms with Crippen molar-refractivity contribution < 1.29 is 9.90 Å². The first kappa shape index (κ1) is 16.4. The number of carbonyl (C=O) groups is 1. The molecule has 0 aromatic carbocycles. The highest BCUT2D eigenvalue weighted by atomic mass is 16.4. The number of rotatable bonds is 10. The van der Waals surface area contributed by atoms with Crippen LogP contribution in [0.15, 0.2) is 0 Å². The van der Waals surface area contributed by atoms with E-state index >= 15 is 0 Å². The fourth-order valence-electron chi connectivity index (χ4n) is 1.67. The lowest BCUT2D eigenvalue weighted by molar-refractivity contribution is -0.139. The van der Waals surface area contributed by atoms with E-state index in [4.69, 9.17) is 5.11 Å². The van der Waals surface area contributed by atoms with E-state index in [1.54, 1.807) is 0 Å². The van der Waals surface area contributed by atoms with Gasteiger partial charge in [-0.3, -0.25) is 4.79 Å². The van der Waals surface area contributed by atoms with Crippen LogP contribution in [0.2, 0.25) is 0 Å². The van der Waals surface area contributed by atoms with Gasteiger partial charge in [-0.1, -0.05) is 26.7 Å². The van der Waals surface area contributed by atoms with E-state index in [-0.39, 0.29) is 6.04 Å². The minimum absolute atomic E-state index is 0.389. The number of hydrogen-bond donors (Lipinski definition) is 2. The molecule has 0 fully saturated rings. The van der Waals surface area contributed by atoms with Gasteiger partial charge in [0.15, 0.2) is 0 Å². The summed E-state index contributed by atoms with van der Waals surface area (Å²) in [5.41, 5.74) is 0. The van der Waals surface area contributed by atoms with Crippen molar-refractivity contribution in [3.63, 3.8) is 0 Å². The molecule has 102 valence electrons. The van der Waals surface area contributed by atoms with E-state index in [1.165, 1.54) is 0 Å². The molecule has 2 unspecified atom stereocenters. The third-order valence-corrected chi connectivity index (χ3v) is 3.34. The SMILES string of the molecule is CCCCC(NCCN(C)C(C)CC)C(=O)O. The summed E-state index contributed by atoms with van der Waals surface area (Å²) < 4.78 is 0. The monoisotopic (exact) mass is 244 g/mol. The molecule has 0 radical (unpaired) electrons. The lowest BCUT2D eigenvalue weighted by atomic mass is 10.1. The van der Waals surface area contributed by atoms with Crippen LogP contribution in [0.5, 0.6) is 0 Å². The summed E-state index contributed by atoms with van der Waals surface area (Å²) in [6.45, 7) is 8.06. The van der Waals surface area contributed by atoms with Gasteiger partial charge in [0.05, 0.1) is 0 Å². The van der Waals surface area contributed by atoms with Crippen LogP contribution in [0.4, 0.5) is 0 Å². The highest BCUT2D eigenvalue weighted by Crippen LogP contribution is 2.02. The normalized spacial score (nSPS) is 14.9. The molecule has 4 heteroatoms. The van der Waals surface area contributed by atoms with Crippen LogP contribution in [0.1, 0.15) is 46.5 Å². The predicted octanol–water partition coefficient (Wildman–Crippen LogP) is 1.95. The summed E-state index contributed by atoms with van der Waals surface area (Å²) in [4.78, 5) is 13.3. The van der Waals surface area contributed by atoms with E-state index in [9.17, 15) is 4.79 Å². The van der Waals surface area contributed by atoms with Crippen molar-refractivity contribution in [3.05, 3.63) is 0 Å². The van der Waals surface area contributed by atoms with Crippen LogP contribution >= 0.6 is 0 Å². The summed E-state index contributed by atoms with van der Waals surface area (Å²) in [7, 11) is 2.08. The third kappa shape index (κ3) is 7.34. The predicted molar refractivity (Wildman–Crippen MR) is 71.3 cm³/mol. The quantitative estimate of drug-likeness (QED) is 0.617. The van der Waals surface area contributed by atoms with Crippen molar-refractivity contribution in [1.82, 2.24) is 10.2 Å². The minimum Gasteiger partial charge on any atom is -0.480 e. The second-order valence-electron chi connectivity index (χ2n) is 4.73. The molecular formula is C13H28N2O2. The van der Waals surface area contributed by atoms with Crippen molar-refractivity contribution in [3.8, 4) is 0 Å². The first-order valence-corrected chi connectivity index (χ1v) is 6.69. The first-order chi connectivity index (χ1) is 8.02. The topological polar surface area (TPSA) is 52.6 Å². The smallest absolute Gasteiger partial charge is 0.320 e. The van der Waals surface area contributed by atoms with Gasteiger partial charge in [0.25, 0.3) is 0 Å². The lowest BCUT2D eigenvalue weighted by Crippen LogP contribution is -2.42. The summed E-state index contributed by atoms with van der Waals surface area (Å²) >= 11 is 0. The Morgan fingerprint density at radius 2 is 2.06 bits per heavy atom. The summed E-state index contributed by atoms with van der Waals surface area (Å²) in [5, 5.41) is 12.2. The van der Waals surface area contributed by atoms with E-state index < -0.39 is 5.97 Å². The molecule has 2 atom stereocenters. The minimum atomic E-state index is -0.732. The van der Waals surface area contributed by atoms with E-state index in [0.717, 1.165) is 38.8 Å². The van der Waals surface area contributed by atoms with Crippen LogP contribution in [0, 0.1) is 0 Å². The number of hydrogen-bond acceptors (Lipinski definition) is 3. The largest absolute Gasteiger partial charge is 0.480 e. The zero-order valence-electron chi connectivity index (χ0n) is 11.7. The van der Waals surface area contributed by atoms with Crippen LogP contribution in [0.25, 0.3) is 0 Å². The number of carboxylic acids is 1. The zero-order chi connectivity index (χ0) is 13.3. The lowest BCUT2D eigenvalue weighted by Gasteiger charge is -2.24.